The fourth-order valence-corrected chi connectivity index (χ4v) is 3.14. The van der Waals surface area contributed by atoms with Crippen LogP contribution in [0.1, 0.15) is 51.0 Å². The molecular weight excluding hydrogens is 391 g/mol. The summed E-state index contributed by atoms with van der Waals surface area (Å²) in [6.45, 7) is 7.84. The molecule has 136 valence electrons. The third kappa shape index (κ3) is 4.23. The fraction of sp³-hybridized carbons (Fsp3) is 0.733. The maximum atomic E-state index is 13.0. The van der Waals surface area contributed by atoms with Crippen LogP contribution in [0.25, 0.3) is 0 Å². The molecule has 0 aliphatic carbocycles. The first-order valence-corrected chi connectivity index (χ1v) is 8.49. The van der Waals surface area contributed by atoms with Gasteiger partial charge in [0.05, 0.1) is 16.2 Å². The van der Waals surface area contributed by atoms with E-state index in [2.05, 4.69) is 21.0 Å². The summed E-state index contributed by atoms with van der Waals surface area (Å²) in [6.07, 6.45) is -3.82. The number of likely N-dealkylation sites (tertiary alicyclic amines) is 1. The third-order valence-electron chi connectivity index (χ3n) is 3.81. The van der Waals surface area contributed by atoms with Gasteiger partial charge in [-0.3, -0.25) is 4.68 Å². The minimum absolute atomic E-state index is 0.0235. The number of aromatic nitrogens is 2. The Hall–Kier alpha value is -1.25. The molecule has 0 aromatic carbocycles. The van der Waals surface area contributed by atoms with Crippen LogP contribution in [0, 0.1) is 6.92 Å². The second kappa shape index (κ2) is 6.57. The first-order chi connectivity index (χ1) is 10.9. The van der Waals surface area contributed by atoms with Crippen molar-refractivity contribution < 1.29 is 22.7 Å². The monoisotopic (exact) mass is 411 g/mol. The van der Waals surface area contributed by atoms with Gasteiger partial charge in [0.2, 0.25) is 0 Å². The molecule has 0 radical (unpaired) electrons. The minimum Gasteiger partial charge on any atom is -0.444 e. The highest BCUT2D eigenvalue weighted by atomic mass is 79.9. The van der Waals surface area contributed by atoms with E-state index in [1.807, 2.05) is 0 Å². The number of halogens is 4. The quantitative estimate of drug-likeness (QED) is 0.680. The predicted molar refractivity (Wildman–Crippen MR) is 85.7 cm³/mol. The molecule has 24 heavy (non-hydrogen) atoms. The highest BCUT2D eigenvalue weighted by Crippen LogP contribution is 2.37. The van der Waals surface area contributed by atoms with Crippen molar-refractivity contribution in [3.8, 4) is 0 Å². The number of rotatable bonds is 1. The first-order valence-electron chi connectivity index (χ1n) is 7.70. The van der Waals surface area contributed by atoms with E-state index in [9.17, 15) is 18.0 Å². The Morgan fingerprint density at radius 3 is 2.21 bits per heavy atom. The molecule has 0 unspecified atom stereocenters. The number of piperidine rings is 1. The molecular formula is C15H21BrF3N3O2. The Bertz CT molecular complexity index is 615. The third-order valence-corrected chi connectivity index (χ3v) is 4.76. The molecule has 1 aromatic rings. The number of hydrogen-bond acceptors (Lipinski definition) is 3. The maximum Gasteiger partial charge on any atom is 0.436 e. The standard InChI is InChI=1S/C15H21BrF3N3O2/c1-9-11(16)12(15(17,18)19)20-22(9)10-5-7-21(8-6-10)13(23)24-14(2,3)4/h10H,5-8H2,1-4H3. The summed E-state index contributed by atoms with van der Waals surface area (Å²) in [6, 6.07) is -0.170. The second-order valence-electron chi connectivity index (χ2n) is 6.89. The molecule has 1 saturated heterocycles. The number of amides is 1. The molecule has 9 heteroatoms. The Balaban J connectivity index is 2.07. The van der Waals surface area contributed by atoms with Gasteiger partial charge in [-0.25, -0.2) is 4.79 Å². The molecule has 0 saturated carbocycles. The van der Waals surface area contributed by atoms with Crippen molar-refractivity contribution in [3.63, 3.8) is 0 Å². The van der Waals surface area contributed by atoms with Crippen LogP contribution in [0.3, 0.4) is 0 Å². The average molecular weight is 412 g/mol. The van der Waals surface area contributed by atoms with Gasteiger partial charge in [0.25, 0.3) is 0 Å². The lowest BCUT2D eigenvalue weighted by atomic mass is 10.1. The van der Waals surface area contributed by atoms with Gasteiger partial charge in [0.1, 0.15) is 5.60 Å². The highest BCUT2D eigenvalue weighted by molar-refractivity contribution is 9.10. The average Bonchev–Trinajstić information content (AvgIpc) is 2.73. The van der Waals surface area contributed by atoms with Gasteiger partial charge < -0.3 is 9.64 Å². The molecule has 1 amide bonds. The molecule has 2 heterocycles. The molecule has 0 atom stereocenters. The Kier molecular flexibility index (Phi) is 5.22. The number of nitrogens with zero attached hydrogens (tertiary/aromatic N) is 3. The molecule has 1 fully saturated rings. The van der Waals surface area contributed by atoms with Crippen LogP contribution < -0.4 is 0 Å². The van der Waals surface area contributed by atoms with Gasteiger partial charge in [0.15, 0.2) is 5.69 Å². The Labute approximate surface area is 147 Å². The van der Waals surface area contributed by atoms with Crippen molar-refractivity contribution in [3.05, 3.63) is 15.9 Å². The van der Waals surface area contributed by atoms with E-state index in [1.54, 1.807) is 32.6 Å². The van der Waals surface area contributed by atoms with Crippen LogP contribution in [0.15, 0.2) is 4.47 Å². The Morgan fingerprint density at radius 2 is 1.79 bits per heavy atom. The zero-order valence-corrected chi connectivity index (χ0v) is 15.7. The van der Waals surface area contributed by atoms with Gasteiger partial charge in [-0.05, 0) is 56.5 Å². The lowest BCUT2D eigenvalue weighted by Gasteiger charge is -2.33. The molecule has 5 nitrogen and oxygen atoms in total. The van der Waals surface area contributed by atoms with Crippen LogP contribution >= 0.6 is 15.9 Å². The van der Waals surface area contributed by atoms with E-state index < -0.39 is 23.6 Å². The van der Waals surface area contributed by atoms with E-state index in [4.69, 9.17) is 4.74 Å². The molecule has 0 N–H and O–H groups in total. The molecule has 1 aliphatic heterocycles. The largest absolute Gasteiger partial charge is 0.444 e. The van der Waals surface area contributed by atoms with E-state index in [1.165, 1.54) is 4.68 Å². The number of alkyl halides is 3. The second-order valence-corrected chi connectivity index (χ2v) is 7.68. The zero-order valence-electron chi connectivity index (χ0n) is 14.1. The first kappa shape index (κ1) is 19.1. The van der Waals surface area contributed by atoms with E-state index in [0.717, 1.165) is 0 Å². The van der Waals surface area contributed by atoms with Crippen molar-refractivity contribution in [1.29, 1.82) is 0 Å². The minimum atomic E-state index is -4.49. The molecule has 1 aliphatic rings. The maximum absolute atomic E-state index is 13.0. The lowest BCUT2D eigenvalue weighted by Crippen LogP contribution is -2.42. The van der Waals surface area contributed by atoms with E-state index >= 15 is 0 Å². The van der Waals surface area contributed by atoms with Crippen molar-refractivity contribution >= 4 is 22.0 Å². The number of ether oxygens (including phenoxy) is 1. The summed E-state index contributed by atoms with van der Waals surface area (Å²) < 4.78 is 45.6. The summed E-state index contributed by atoms with van der Waals surface area (Å²) in [5.41, 5.74) is -1.04. The smallest absolute Gasteiger partial charge is 0.436 e. The summed E-state index contributed by atoms with van der Waals surface area (Å²) in [5, 5.41) is 3.74. The predicted octanol–water partition coefficient (Wildman–Crippen LogP) is 4.54. The van der Waals surface area contributed by atoms with Gasteiger partial charge in [-0.2, -0.15) is 18.3 Å². The van der Waals surface area contributed by atoms with Crippen LogP contribution in [-0.4, -0.2) is 39.5 Å². The van der Waals surface area contributed by atoms with Gasteiger partial charge in [-0.1, -0.05) is 0 Å². The lowest BCUT2D eigenvalue weighted by molar-refractivity contribution is -0.142. The normalized spacial score (nSPS) is 17.2. The van der Waals surface area contributed by atoms with Crippen molar-refractivity contribution in [1.82, 2.24) is 14.7 Å². The molecule has 0 bridgehead atoms. The van der Waals surface area contributed by atoms with Gasteiger partial charge in [0, 0.05) is 13.1 Å². The topological polar surface area (TPSA) is 47.4 Å². The van der Waals surface area contributed by atoms with Crippen molar-refractivity contribution in [2.45, 2.75) is 58.4 Å². The van der Waals surface area contributed by atoms with E-state index in [0.29, 0.717) is 31.6 Å². The molecule has 1 aromatic heterocycles. The number of carbonyl (C=O) groups is 1. The molecule has 0 spiro atoms. The van der Waals surface area contributed by atoms with Crippen LogP contribution in [0.4, 0.5) is 18.0 Å². The summed E-state index contributed by atoms with van der Waals surface area (Å²) >= 11 is 2.98. The fourth-order valence-electron chi connectivity index (χ4n) is 2.65. The molecule has 2 rings (SSSR count). The Morgan fingerprint density at radius 1 is 1.25 bits per heavy atom. The van der Waals surface area contributed by atoms with Gasteiger partial charge in [-0.15, -0.1) is 0 Å². The van der Waals surface area contributed by atoms with Crippen LogP contribution in [-0.2, 0) is 10.9 Å². The summed E-state index contributed by atoms with van der Waals surface area (Å²) in [7, 11) is 0. The summed E-state index contributed by atoms with van der Waals surface area (Å²) in [4.78, 5) is 13.6. The summed E-state index contributed by atoms with van der Waals surface area (Å²) in [5.74, 6) is 0. The van der Waals surface area contributed by atoms with Gasteiger partial charge >= 0.3 is 12.3 Å². The van der Waals surface area contributed by atoms with Crippen LogP contribution in [0.5, 0.6) is 0 Å². The number of carbonyl (C=O) groups excluding carboxylic acids is 1. The van der Waals surface area contributed by atoms with E-state index in [-0.39, 0.29) is 10.5 Å². The number of hydrogen-bond donors (Lipinski definition) is 0. The van der Waals surface area contributed by atoms with Crippen molar-refractivity contribution in [2.24, 2.45) is 0 Å². The van der Waals surface area contributed by atoms with Crippen molar-refractivity contribution in [2.75, 3.05) is 13.1 Å². The zero-order chi connectivity index (χ0) is 18.3. The van der Waals surface area contributed by atoms with Crippen LogP contribution in [0.2, 0.25) is 0 Å². The SMILES string of the molecule is Cc1c(Br)c(C(F)(F)F)nn1C1CCN(C(=O)OC(C)(C)C)CC1. The highest BCUT2D eigenvalue weighted by Gasteiger charge is 2.39.